The molecule has 1 aromatic rings. The molecule has 19 heavy (non-hydrogen) atoms. The highest BCUT2D eigenvalue weighted by Crippen LogP contribution is 2.23. The Labute approximate surface area is 117 Å². The van der Waals surface area contributed by atoms with Crippen molar-refractivity contribution in [1.29, 1.82) is 0 Å². The highest BCUT2D eigenvalue weighted by Gasteiger charge is 2.36. The third-order valence-corrected chi connectivity index (χ3v) is 3.38. The van der Waals surface area contributed by atoms with E-state index in [1.54, 1.807) is 0 Å². The van der Waals surface area contributed by atoms with Gasteiger partial charge in [-0.3, -0.25) is 9.59 Å². The first-order chi connectivity index (χ1) is 8.90. The number of nitrogens with one attached hydrogen (secondary N) is 2. The molecule has 1 aliphatic rings. The lowest BCUT2D eigenvalue weighted by molar-refractivity contribution is -0.144. The summed E-state index contributed by atoms with van der Waals surface area (Å²) in [5.74, 6) is -2.26. The number of hydrogen-bond acceptors (Lipinski definition) is 3. The Bertz CT molecular complexity index is 537. The van der Waals surface area contributed by atoms with E-state index >= 15 is 0 Å². The number of carbonyl (C=O) groups is 3. The van der Waals surface area contributed by atoms with Gasteiger partial charge in [-0.25, -0.2) is 4.79 Å². The molecule has 2 heterocycles. The van der Waals surface area contributed by atoms with Crippen molar-refractivity contribution in [2.45, 2.75) is 6.04 Å². The summed E-state index contributed by atoms with van der Waals surface area (Å²) in [6.45, 7) is -0.466. The number of carbonyl (C=O) groups excluding carboxylic acids is 2. The molecule has 0 aliphatic carbocycles. The lowest BCUT2D eigenvalue weighted by Crippen LogP contribution is -2.59. The van der Waals surface area contributed by atoms with Crippen LogP contribution in [-0.4, -0.2) is 51.9 Å². The van der Waals surface area contributed by atoms with Gasteiger partial charge in [0.15, 0.2) is 0 Å². The molecular formula is C10H9Cl2N3O4. The summed E-state index contributed by atoms with van der Waals surface area (Å²) in [6.07, 6.45) is 0. The minimum absolute atomic E-state index is 0.0379. The minimum atomic E-state index is -1.20. The molecule has 9 heteroatoms. The maximum Gasteiger partial charge on any atom is 0.328 e. The van der Waals surface area contributed by atoms with E-state index in [9.17, 15) is 14.4 Å². The van der Waals surface area contributed by atoms with Gasteiger partial charge in [-0.1, -0.05) is 23.2 Å². The van der Waals surface area contributed by atoms with Crippen LogP contribution in [0.1, 0.15) is 10.5 Å². The third-order valence-electron chi connectivity index (χ3n) is 2.68. The summed E-state index contributed by atoms with van der Waals surface area (Å²) in [5.41, 5.74) is 0.0379. The van der Waals surface area contributed by atoms with Crippen LogP contribution in [0.25, 0.3) is 0 Å². The monoisotopic (exact) mass is 305 g/mol. The largest absolute Gasteiger partial charge is 0.480 e. The van der Waals surface area contributed by atoms with Crippen LogP contribution in [-0.2, 0) is 9.59 Å². The molecule has 1 aliphatic heterocycles. The molecule has 0 bridgehead atoms. The van der Waals surface area contributed by atoms with Crippen molar-refractivity contribution < 1.29 is 19.5 Å². The zero-order valence-electron chi connectivity index (χ0n) is 9.44. The number of aromatic nitrogens is 1. The van der Waals surface area contributed by atoms with Gasteiger partial charge in [0.2, 0.25) is 5.91 Å². The van der Waals surface area contributed by atoms with Crippen LogP contribution < -0.4 is 5.32 Å². The maximum atomic E-state index is 12.2. The van der Waals surface area contributed by atoms with Crippen LogP contribution in [0.15, 0.2) is 6.07 Å². The van der Waals surface area contributed by atoms with Gasteiger partial charge in [-0.2, -0.15) is 0 Å². The first-order valence-corrected chi connectivity index (χ1v) is 6.00. The topological polar surface area (TPSA) is 103 Å². The highest BCUT2D eigenvalue weighted by atomic mass is 35.5. The number of rotatable bonds is 2. The van der Waals surface area contributed by atoms with Crippen molar-refractivity contribution in [2.75, 3.05) is 13.1 Å². The number of carboxylic acids is 1. The number of hydrogen-bond donors (Lipinski definition) is 3. The minimum Gasteiger partial charge on any atom is -0.480 e. The summed E-state index contributed by atoms with van der Waals surface area (Å²) in [5, 5.41) is 11.7. The Morgan fingerprint density at radius 1 is 1.42 bits per heavy atom. The van der Waals surface area contributed by atoms with E-state index in [1.807, 2.05) is 0 Å². The Balaban J connectivity index is 2.28. The standard InChI is InChI=1S/C10H9Cl2N3O4/c11-4-1-5(14-8(4)12)9(17)15-3-7(16)13-2-6(15)10(18)19/h1,6,14H,2-3H2,(H,13,16)(H,18,19). The number of nitrogens with zero attached hydrogens (tertiary/aromatic N) is 1. The van der Waals surface area contributed by atoms with E-state index in [0.29, 0.717) is 0 Å². The van der Waals surface area contributed by atoms with Gasteiger partial charge in [-0.15, -0.1) is 0 Å². The molecule has 0 spiro atoms. The van der Waals surface area contributed by atoms with Crippen molar-refractivity contribution in [3.8, 4) is 0 Å². The first-order valence-electron chi connectivity index (χ1n) is 5.24. The quantitative estimate of drug-likeness (QED) is 0.733. The fourth-order valence-electron chi connectivity index (χ4n) is 1.75. The smallest absolute Gasteiger partial charge is 0.328 e. The van der Waals surface area contributed by atoms with Gasteiger partial charge < -0.3 is 20.3 Å². The highest BCUT2D eigenvalue weighted by molar-refractivity contribution is 6.41. The van der Waals surface area contributed by atoms with Crippen LogP contribution >= 0.6 is 23.2 Å². The van der Waals surface area contributed by atoms with Gasteiger partial charge >= 0.3 is 5.97 Å². The number of aromatic amines is 1. The first kappa shape index (κ1) is 13.7. The maximum absolute atomic E-state index is 12.2. The molecule has 1 saturated heterocycles. The summed E-state index contributed by atoms with van der Waals surface area (Å²) in [4.78, 5) is 38.0. The van der Waals surface area contributed by atoms with Crippen molar-refractivity contribution in [1.82, 2.24) is 15.2 Å². The van der Waals surface area contributed by atoms with E-state index in [2.05, 4.69) is 10.3 Å². The second-order valence-electron chi connectivity index (χ2n) is 3.94. The summed E-state index contributed by atoms with van der Waals surface area (Å²) >= 11 is 11.4. The SMILES string of the molecule is O=C1CN(C(=O)c2cc(Cl)c(Cl)[nH]2)C(C(=O)O)CN1. The summed E-state index contributed by atoms with van der Waals surface area (Å²) < 4.78 is 0. The molecule has 7 nitrogen and oxygen atoms in total. The van der Waals surface area contributed by atoms with Crippen LogP contribution in [0.2, 0.25) is 10.2 Å². The van der Waals surface area contributed by atoms with Crippen molar-refractivity contribution >= 4 is 41.0 Å². The Morgan fingerprint density at radius 3 is 2.63 bits per heavy atom. The molecule has 1 atom stereocenters. The van der Waals surface area contributed by atoms with Crippen LogP contribution in [0, 0.1) is 0 Å². The predicted octanol–water partition coefficient (Wildman–Crippen LogP) is 0.347. The van der Waals surface area contributed by atoms with Gasteiger partial charge in [0.05, 0.1) is 5.02 Å². The van der Waals surface area contributed by atoms with Gasteiger partial charge in [0.25, 0.3) is 5.91 Å². The molecular weight excluding hydrogens is 297 g/mol. The van der Waals surface area contributed by atoms with Crippen molar-refractivity contribution in [2.24, 2.45) is 0 Å². The average molecular weight is 306 g/mol. The van der Waals surface area contributed by atoms with Gasteiger partial charge in [0, 0.05) is 6.54 Å². The van der Waals surface area contributed by atoms with Gasteiger partial charge in [-0.05, 0) is 6.07 Å². The van der Waals surface area contributed by atoms with Crippen LogP contribution in [0.3, 0.4) is 0 Å². The lowest BCUT2D eigenvalue weighted by Gasteiger charge is -2.32. The normalized spacial score (nSPS) is 19.2. The molecule has 0 radical (unpaired) electrons. The van der Waals surface area contributed by atoms with E-state index in [0.717, 1.165) is 4.90 Å². The zero-order chi connectivity index (χ0) is 14.2. The number of halogens is 2. The molecule has 1 aromatic heterocycles. The Morgan fingerprint density at radius 2 is 2.11 bits per heavy atom. The third kappa shape index (κ3) is 2.66. The van der Waals surface area contributed by atoms with Crippen LogP contribution in [0.5, 0.6) is 0 Å². The Kier molecular flexibility index (Phi) is 3.68. The molecule has 1 unspecified atom stereocenters. The summed E-state index contributed by atoms with van der Waals surface area (Å²) in [6, 6.07) is 0.170. The fourth-order valence-corrected chi connectivity index (χ4v) is 2.06. The molecule has 3 N–H and O–H groups in total. The fraction of sp³-hybridized carbons (Fsp3) is 0.300. The zero-order valence-corrected chi connectivity index (χ0v) is 11.0. The molecule has 0 aromatic carbocycles. The van der Waals surface area contributed by atoms with Gasteiger partial charge in [0.1, 0.15) is 23.4 Å². The second kappa shape index (κ2) is 5.10. The predicted molar refractivity (Wildman–Crippen MR) is 66.3 cm³/mol. The molecule has 0 saturated carbocycles. The molecule has 1 fully saturated rings. The lowest BCUT2D eigenvalue weighted by atomic mass is 10.1. The molecule has 2 rings (SSSR count). The molecule has 102 valence electrons. The number of carboxylic acid groups (broad SMARTS) is 1. The van der Waals surface area contributed by atoms with E-state index < -0.39 is 23.8 Å². The van der Waals surface area contributed by atoms with Crippen molar-refractivity contribution in [3.05, 3.63) is 21.9 Å². The van der Waals surface area contributed by atoms with E-state index in [4.69, 9.17) is 28.3 Å². The second-order valence-corrected chi connectivity index (χ2v) is 4.72. The average Bonchev–Trinajstić information content (AvgIpc) is 2.68. The van der Waals surface area contributed by atoms with Crippen molar-refractivity contribution in [3.63, 3.8) is 0 Å². The van der Waals surface area contributed by atoms with Crippen LogP contribution in [0.4, 0.5) is 0 Å². The molecule has 2 amide bonds. The van der Waals surface area contributed by atoms with E-state index in [-0.39, 0.29) is 29.0 Å². The Hall–Kier alpha value is -1.73. The number of aliphatic carboxylic acids is 1. The number of amides is 2. The number of piperazine rings is 1. The van der Waals surface area contributed by atoms with E-state index in [1.165, 1.54) is 6.07 Å². The summed E-state index contributed by atoms with van der Waals surface area (Å²) in [7, 11) is 0. The number of H-pyrrole nitrogens is 1.